The van der Waals surface area contributed by atoms with Crippen molar-refractivity contribution < 1.29 is 0 Å². The Morgan fingerprint density at radius 3 is 0.833 bits per heavy atom. The Balaban J connectivity index is 1.31. The van der Waals surface area contributed by atoms with E-state index in [1.807, 2.05) is 0 Å². The second kappa shape index (κ2) is 9.22. The summed E-state index contributed by atoms with van der Waals surface area (Å²) < 4.78 is 4.83. The third-order valence-electron chi connectivity index (χ3n) is 8.96. The van der Waals surface area contributed by atoms with E-state index in [0.29, 0.717) is 0 Å². The summed E-state index contributed by atoms with van der Waals surface area (Å²) in [6.07, 6.45) is 0. The van der Waals surface area contributed by atoms with E-state index in [1.54, 1.807) is 0 Å². The number of aryl methyl sites for hydroxylation is 4. The lowest BCUT2D eigenvalue weighted by atomic mass is 9.88. The van der Waals surface area contributed by atoms with Crippen LogP contribution < -0.4 is 0 Å². The molecule has 2 nitrogen and oxygen atoms in total. The largest absolute Gasteiger partial charge is 0.309 e. The molecule has 0 fully saturated rings. The molecule has 0 saturated heterocycles. The van der Waals surface area contributed by atoms with E-state index in [4.69, 9.17) is 0 Å². The molecule has 0 bridgehead atoms. The van der Waals surface area contributed by atoms with E-state index >= 15 is 0 Å². The topological polar surface area (TPSA) is 9.86 Å². The Kier molecular flexibility index (Phi) is 5.42. The van der Waals surface area contributed by atoms with Crippen LogP contribution in [-0.4, -0.2) is 9.13 Å². The zero-order valence-electron chi connectivity index (χ0n) is 24.4. The summed E-state index contributed by atoms with van der Waals surface area (Å²) in [6, 6.07) is 44.4. The molecule has 2 heterocycles. The van der Waals surface area contributed by atoms with Crippen LogP contribution in [0.15, 0.2) is 121 Å². The lowest BCUT2D eigenvalue weighted by molar-refractivity contribution is 1.15. The summed E-state index contributed by atoms with van der Waals surface area (Å²) in [5, 5.41) is 5.17. The van der Waals surface area contributed by atoms with Gasteiger partial charge in [0, 0.05) is 32.9 Å². The average molecular weight is 541 g/mol. The first-order valence-corrected chi connectivity index (χ1v) is 14.7. The molecule has 202 valence electrons. The Hall–Kier alpha value is -5.08. The van der Waals surface area contributed by atoms with Crippen molar-refractivity contribution in [2.75, 3.05) is 0 Å². The van der Waals surface area contributed by atoms with Crippen LogP contribution in [0.25, 0.3) is 66.1 Å². The van der Waals surface area contributed by atoms with E-state index in [9.17, 15) is 0 Å². The van der Waals surface area contributed by atoms with Crippen LogP contribution in [0.3, 0.4) is 0 Å². The molecule has 0 aliphatic rings. The number of hydrogen-bond donors (Lipinski definition) is 0. The molecule has 8 rings (SSSR count). The van der Waals surface area contributed by atoms with Crippen molar-refractivity contribution in [1.29, 1.82) is 0 Å². The van der Waals surface area contributed by atoms with Crippen LogP contribution in [0.1, 0.15) is 22.3 Å². The zero-order chi connectivity index (χ0) is 28.5. The van der Waals surface area contributed by atoms with E-state index in [1.165, 1.54) is 88.4 Å². The smallest absolute Gasteiger partial charge is 0.0541 e. The first-order chi connectivity index (χ1) is 20.5. The molecule has 0 spiro atoms. The molecule has 0 amide bonds. The van der Waals surface area contributed by atoms with Crippen molar-refractivity contribution in [3.05, 3.63) is 144 Å². The number of para-hydroxylation sites is 4. The molecule has 8 aromatic rings. The number of fused-ring (bicyclic) bond motifs is 6. The molecule has 0 radical (unpaired) electrons. The van der Waals surface area contributed by atoms with Crippen molar-refractivity contribution in [3.63, 3.8) is 0 Å². The minimum absolute atomic E-state index is 1.21. The standard InChI is InChI=1S/C40H32N2/c1-25-21-29(41-35-17-9-5-13-31(35)32-14-6-10-18-36(32)41)22-26(2)39(25)40-27(3)23-30(24-28(40)4)42-37-19-11-7-15-33(37)34-16-8-12-20-38(34)42/h5-24H,1-4H3. The third kappa shape index (κ3) is 3.51. The van der Waals surface area contributed by atoms with Gasteiger partial charge in [0.05, 0.1) is 22.1 Å². The molecule has 0 saturated carbocycles. The third-order valence-corrected chi connectivity index (χ3v) is 8.96. The van der Waals surface area contributed by atoms with E-state index in [2.05, 4.69) is 158 Å². The van der Waals surface area contributed by atoms with Crippen LogP contribution >= 0.6 is 0 Å². The second-order valence-electron chi connectivity index (χ2n) is 11.6. The summed E-state index contributed by atoms with van der Waals surface area (Å²) in [7, 11) is 0. The lowest BCUT2D eigenvalue weighted by Gasteiger charge is -2.20. The predicted molar refractivity (Wildman–Crippen MR) is 180 cm³/mol. The summed E-state index contributed by atoms with van der Waals surface area (Å²) in [5.41, 5.74) is 15.2. The van der Waals surface area contributed by atoms with Gasteiger partial charge in [-0.05, 0) is 110 Å². The summed E-state index contributed by atoms with van der Waals surface area (Å²) in [6.45, 7) is 9.05. The van der Waals surface area contributed by atoms with Crippen molar-refractivity contribution in [1.82, 2.24) is 9.13 Å². The van der Waals surface area contributed by atoms with Crippen LogP contribution in [0.5, 0.6) is 0 Å². The van der Waals surface area contributed by atoms with Gasteiger partial charge in [0.1, 0.15) is 0 Å². The van der Waals surface area contributed by atoms with Crippen LogP contribution in [0.4, 0.5) is 0 Å². The first kappa shape index (κ1) is 24.7. The van der Waals surface area contributed by atoms with Crippen LogP contribution in [-0.2, 0) is 0 Å². The highest BCUT2D eigenvalue weighted by molar-refractivity contribution is 6.10. The van der Waals surface area contributed by atoms with Crippen molar-refractivity contribution in [3.8, 4) is 22.5 Å². The maximum atomic E-state index is 2.42. The van der Waals surface area contributed by atoms with Crippen molar-refractivity contribution in [2.24, 2.45) is 0 Å². The SMILES string of the molecule is Cc1cc(-n2c3ccccc3c3ccccc32)cc(C)c1-c1c(C)cc(-n2c3ccccc3c3ccccc32)cc1C. The van der Waals surface area contributed by atoms with E-state index in [-0.39, 0.29) is 0 Å². The van der Waals surface area contributed by atoms with Crippen molar-refractivity contribution in [2.45, 2.75) is 27.7 Å². The number of hydrogen-bond acceptors (Lipinski definition) is 0. The highest BCUT2D eigenvalue weighted by Crippen LogP contribution is 2.39. The maximum Gasteiger partial charge on any atom is 0.0541 e. The normalized spacial score (nSPS) is 11.8. The van der Waals surface area contributed by atoms with Crippen LogP contribution in [0.2, 0.25) is 0 Å². The van der Waals surface area contributed by atoms with Gasteiger partial charge in [-0.1, -0.05) is 72.8 Å². The van der Waals surface area contributed by atoms with E-state index in [0.717, 1.165) is 0 Å². The molecule has 42 heavy (non-hydrogen) atoms. The Morgan fingerprint density at radius 2 is 0.571 bits per heavy atom. The molecule has 0 unspecified atom stereocenters. The highest BCUT2D eigenvalue weighted by Gasteiger charge is 2.18. The molecular formula is C40H32N2. The summed E-state index contributed by atoms with van der Waals surface area (Å²) in [4.78, 5) is 0. The highest BCUT2D eigenvalue weighted by atomic mass is 15.0. The molecule has 2 aromatic heterocycles. The van der Waals surface area contributed by atoms with Gasteiger partial charge >= 0.3 is 0 Å². The summed E-state index contributed by atoms with van der Waals surface area (Å²) in [5.74, 6) is 0. The minimum Gasteiger partial charge on any atom is -0.309 e. The summed E-state index contributed by atoms with van der Waals surface area (Å²) >= 11 is 0. The van der Waals surface area contributed by atoms with Crippen molar-refractivity contribution >= 4 is 43.6 Å². The zero-order valence-corrected chi connectivity index (χ0v) is 24.4. The molecular weight excluding hydrogens is 508 g/mol. The van der Waals surface area contributed by atoms with Gasteiger partial charge in [-0.3, -0.25) is 0 Å². The van der Waals surface area contributed by atoms with Gasteiger partial charge in [0.25, 0.3) is 0 Å². The van der Waals surface area contributed by atoms with E-state index < -0.39 is 0 Å². The predicted octanol–water partition coefficient (Wildman–Crippen LogP) is 10.8. The Bertz CT molecular complexity index is 2020. The Morgan fingerprint density at radius 1 is 0.333 bits per heavy atom. The monoisotopic (exact) mass is 540 g/mol. The molecule has 0 aliphatic carbocycles. The van der Waals surface area contributed by atoms with Gasteiger partial charge in [0.2, 0.25) is 0 Å². The molecule has 6 aromatic carbocycles. The fourth-order valence-corrected chi connectivity index (χ4v) is 7.33. The van der Waals surface area contributed by atoms with Gasteiger partial charge in [-0.2, -0.15) is 0 Å². The quantitative estimate of drug-likeness (QED) is 0.211. The molecule has 2 heteroatoms. The number of nitrogens with zero attached hydrogens (tertiary/aromatic N) is 2. The number of benzene rings is 6. The van der Waals surface area contributed by atoms with Gasteiger partial charge < -0.3 is 9.13 Å². The van der Waals surface area contributed by atoms with Gasteiger partial charge in [-0.25, -0.2) is 0 Å². The number of aromatic nitrogens is 2. The Labute approximate surface area is 246 Å². The first-order valence-electron chi connectivity index (χ1n) is 14.7. The molecule has 0 atom stereocenters. The molecule has 0 N–H and O–H groups in total. The maximum absolute atomic E-state index is 2.42. The fraction of sp³-hybridized carbons (Fsp3) is 0.100. The average Bonchev–Trinajstić information content (AvgIpc) is 3.51. The minimum atomic E-state index is 1.21. The van der Waals surface area contributed by atoms with Gasteiger partial charge in [-0.15, -0.1) is 0 Å². The van der Waals surface area contributed by atoms with Gasteiger partial charge in [0.15, 0.2) is 0 Å². The van der Waals surface area contributed by atoms with Crippen LogP contribution in [0, 0.1) is 27.7 Å². The number of rotatable bonds is 3. The molecule has 0 aliphatic heterocycles. The fourth-order valence-electron chi connectivity index (χ4n) is 7.33. The lowest BCUT2D eigenvalue weighted by Crippen LogP contribution is -2.01. The second-order valence-corrected chi connectivity index (χ2v) is 11.6.